The standard InChI is InChI=1S/C30H25N3O6S/c1-2-14-38-29(36)26-17-40-27(32-26)24-13-7-8-18(31-24)15-25(28(34)35)33-30(37)39-16-23-21-11-5-3-9-19(21)20-10-4-6-12-22(20)23/h2-13,17,23,25H,1,14-16H2,(H,33,37)(H,34,35). The van der Waals surface area contributed by atoms with E-state index < -0.39 is 24.1 Å². The Morgan fingerprint density at radius 2 is 1.68 bits per heavy atom. The predicted octanol–water partition coefficient (Wildman–Crippen LogP) is 5.08. The molecular formula is C30H25N3O6S. The minimum atomic E-state index is -1.26. The zero-order valence-electron chi connectivity index (χ0n) is 21.3. The quantitative estimate of drug-likeness (QED) is 0.205. The van der Waals surface area contributed by atoms with Crippen LogP contribution in [0.3, 0.4) is 0 Å². The molecule has 0 radical (unpaired) electrons. The van der Waals surface area contributed by atoms with E-state index in [0.717, 1.165) is 22.3 Å². The number of carbonyl (C=O) groups excluding carboxylic acids is 2. The Morgan fingerprint density at radius 3 is 2.35 bits per heavy atom. The van der Waals surface area contributed by atoms with Gasteiger partial charge in [-0.15, -0.1) is 11.3 Å². The third-order valence-corrected chi connectivity index (χ3v) is 7.28. The van der Waals surface area contributed by atoms with E-state index >= 15 is 0 Å². The number of ether oxygens (including phenoxy) is 2. The van der Waals surface area contributed by atoms with Crippen molar-refractivity contribution >= 4 is 29.4 Å². The van der Waals surface area contributed by atoms with Crippen molar-refractivity contribution in [2.45, 2.75) is 18.4 Å². The summed E-state index contributed by atoms with van der Waals surface area (Å²) in [6.07, 6.45) is 0.562. The third-order valence-electron chi connectivity index (χ3n) is 6.42. The van der Waals surface area contributed by atoms with Crippen molar-refractivity contribution in [2.75, 3.05) is 13.2 Å². The number of nitrogens with one attached hydrogen (secondary N) is 1. The molecule has 2 aromatic heterocycles. The summed E-state index contributed by atoms with van der Waals surface area (Å²) >= 11 is 1.21. The molecular weight excluding hydrogens is 530 g/mol. The van der Waals surface area contributed by atoms with Crippen LogP contribution in [0.15, 0.2) is 84.8 Å². The molecule has 1 unspecified atom stereocenters. The highest BCUT2D eigenvalue weighted by Crippen LogP contribution is 2.44. The van der Waals surface area contributed by atoms with Crippen molar-refractivity contribution in [3.63, 3.8) is 0 Å². The molecule has 0 fully saturated rings. The highest BCUT2D eigenvalue weighted by Gasteiger charge is 2.30. The molecule has 1 aliphatic rings. The van der Waals surface area contributed by atoms with E-state index in [0.29, 0.717) is 16.4 Å². The lowest BCUT2D eigenvalue weighted by Crippen LogP contribution is -2.43. The molecule has 1 aliphatic carbocycles. The Balaban J connectivity index is 1.23. The predicted molar refractivity (Wildman–Crippen MR) is 149 cm³/mol. The highest BCUT2D eigenvalue weighted by atomic mass is 32.1. The van der Waals surface area contributed by atoms with Crippen LogP contribution in [0.5, 0.6) is 0 Å². The second-order valence-electron chi connectivity index (χ2n) is 9.00. The molecule has 10 heteroatoms. The molecule has 5 rings (SSSR count). The maximum atomic E-state index is 12.7. The number of amides is 1. The summed E-state index contributed by atoms with van der Waals surface area (Å²) in [5.74, 6) is -1.93. The lowest BCUT2D eigenvalue weighted by atomic mass is 9.98. The first-order valence-corrected chi connectivity index (χ1v) is 13.4. The molecule has 0 saturated heterocycles. The van der Waals surface area contributed by atoms with Crippen LogP contribution in [0, 0.1) is 0 Å². The molecule has 0 bridgehead atoms. The van der Waals surface area contributed by atoms with E-state index in [2.05, 4.69) is 21.9 Å². The van der Waals surface area contributed by atoms with Crippen LogP contribution in [-0.2, 0) is 20.7 Å². The summed E-state index contributed by atoms with van der Waals surface area (Å²) < 4.78 is 10.5. The number of thiazole rings is 1. The van der Waals surface area contributed by atoms with E-state index in [9.17, 15) is 19.5 Å². The van der Waals surface area contributed by atoms with Gasteiger partial charge in [0.2, 0.25) is 0 Å². The average molecular weight is 556 g/mol. The van der Waals surface area contributed by atoms with Crippen LogP contribution < -0.4 is 5.32 Å². The van der Waals surface area contributed by atoms with Gasteiger partial charge in [-0.2, -0.15) is 0 Å². The van der Waals surface area contributed by atoms with Crippen LogP contribution >= 0.6 is 11.3 Å². The summed E-state index contributed by atoms with van der Waals surface area (Å²) in [6, 6.07) is 19.7. The number of benzene rings is 2. The first-order chi connectivity index (χ1) is 19.4. The van der Waals surface area contributed by atoms with Crippen LogP contribution in [0.1, 0.15) is 33.2 Å². The number of esters is 1. The Morgan fingerprint density at radius 1 is 0.975 bits per heavy atom. The minimum Gasteiger partial charge on any atom is -0.480 e. The topological polar surface area (TPSA) is 128 Å². The maximum absolute atomic E-state index is 12.7. The normalized spacial score (nSPS) is 12.6. The van der Waals surface area contributed by atoms with Crippen molar-refractivity contribution in [3.8, 4) is 21.8 Å². The van der Waals surface area contributed by atoms with Crippen molar-refractivity contribution in [1.82, 2.24) is 15.3 Å². The molecule has 4 aromatic rings. The first-order valence-electron chi connectivity index (χ1n) is 12.5. The molecule has 0 spiro atoms. The minimum absolute atomic E-state index is 0.0710. The highest BCUT2D eigenvalue weighted by molar-refractivity contribution is 7.13. The molecule has 0 saturated carbocycles. The molecule has 2 aromatic carbocycles. The van der Waals surface area contributed by atoms with Gasteiger partial charge in [0.15, 0.2) is 5.69 Å². The molecule has 40 heavy (non-hydrogen) atoms. The number of rotatable bonds is 10. The molecule has 202 valence electrons. The fourth-order valence-electron chi connectivity index (χ4n) is 4.60. The average Bonchev–Trinajstić information content (AvgIpc) is 3.58. The summed E-state index contributed by atoms with van der Waals surface area (Å²) in [6.45, 7) is 3.65. The Hall–Kier alpha value is -4.83. The van der Waals surface area contributed by atoms with Gasteiger partial charge in [-0.25, -0.2) is 19.4 Å². The number of alkyl carbamates (subject to hydrolysis) is 1. The van der Waals surface area contributed by atoms with E-state index in [1.54, 1.807) is 23.6 Å². The number of carbonyl (C=O) groups is 3. The molecule has 1 amide bonds. The van der Waals surface area contributed by atoms with Crippen LogP contribution in [0.2, 0.25) is 0 Å². The number of carboxylic acids is 1. The Bertz CT molecular complexity index is 1540. The van der Waals surface area contributed by atoms with Gasteiger partial charge in [0, 0.05) is 23.4 Å². The van der Waals surface area contributed by atoms with Gasteiger partial charge in [0.25, 0.3) is 0 Å². The Labute approximate surface area is 234 Å². The maximum Gasteiger partial charge on any atom is 0.407 e. The molecule has 9 nitrogen and oxygen atoms in total. The van der Waals surface area contributed by atoms with Gasteiger partial charge in [0.1, 0.15) is 24.3 Å². The Kier molecular flexibility index (Phi) is 7.97. The fraction of sp³-hybridized carbons (Fsp3) is 0.167. The summed E-state index contributed by atoms with van der Waals surface area (Å²) in [5.41, 5.74) is 5.36. The van der Waals surface area contributed by atoms with Gasteiger partial charge < -0.3 is 19.9 Å². The molecule has 1 atom stereocenters. The van der Waals surface area contributed by atoms with Crippen LogP contribution in [0.4, 0.5) is 4.79 Å². The number of hydrogen-bond acceptors (Lipinski definition) is 8. The van der Waals surface area contributed by atoms with E-state index in [4.69, 9.17) is 9.47 Å². The monoisotopic (exact) mass is 555 g/mol. The first kappa shape index (κ1) is 26.8. The van der Waals surface area contributed by atoms with E-state index in [-0.39, 0.29) is 31.2 Å². The number of pyridine rings is 1. The molecule has 2 heterocycles. The van der Waals surface area contributed by atoms with Crippen molar-refractivity contribution in [3.05, 3.63) is 107 Å². The zero-order chi connectivity index (χ0) is 28.1. The lowest BCUT2D eigenvalue weighted by molar-refractivity contribution is -0.139. The van der Waals surface area contributed by atoms with Gasteiger partial charge in [-0.3, -0.25) is 4.98 Å². The van der Waals surface area contributed by atoms with Crippen LogP contribution in [0.25, 0.3) is 21.8 Å². The van der Waals surface area contributed by atoms with E-state index in [1.165, 1.54) is 17.4 Å². The summed E-state index contributed by atoms with van der Waals surface area (Å²) in [7, 11) is 0. The van der Waals surface area contributed by atoms with Gasteiger partial charge in [-0.05, 0) is 34.4 Å². The second kappa shape index (κ2) is 11.9. The van der Waals surface area contributed by atoms with Crippen LogP contribution in [-0.4, -0.2) is 52.4 Å². The SMILES string of the molecule is C=CCOC(=O)c1csc(-c2cccc(CC(NC(=O)OCC3c4ccccc4-c4ccccc43)C(=O)O)n2)n1. The van der Waals surface area contributed by atoms with E-state index in [1.807, 2.05) is 48.5 Å². The van der Waals surface area contributed by atoms with Gasteiger partial charge >= 0.3 is 18.0 Å². The smallest absolute Gasteiger partial charge is 0.407 e. The van der Waals surface area contributed by atoms with Crippen molar-refractivity contribution < 1.29 is 29.0 Å². The zero-order valence-corrected chi connectivity index (χ0v) is 22.1. The van der Waals surface area contributed by atoms with Gasteiger partial charge in [-0.1, -0.05) is 67.3 Å². The van der Waals surface area contributed by atoms with Crippen molar-refractivity contribution in [2.24, 2.45) is 0 Å². The molecule has 2 N–H and O–H groups in total. The lowest BCUT2D eigenvalue weighted by Gasteiger charge is -2.17. The summed E-state index contributed by atoms with van der Waals surface area (Å²) in [4.78, 5) is 45.5. The summed E-state index contributed by atoms with van der Waals surface area (Å²) in [5, 5.41) is 14.3. The molecule has 0 aliphatic heterocycles. The van der Waals surface area contributed by atoms with Gasteiger partial charge in [0.05, 0.1) is 5.69 Å². The number of hydrogen-bond donors (Lipinski definition) is 2. The largest absolute Gasteiger partial charge is 0.480 e. The second-order valence-corrected chi connectivity index (χ2v) is 9.86. The number of nitrogens with zero attached hydrogens (tertiary/aromatic N) is 2. The van der Waals surface area contributed by atoms with Crippen molar-refractivity contribution in [1.29, 1.82) is 0 Å². The third kappa shape index (κ3) is 5.76. The number of carboxylic acid groups (broad SMARTS) is 1. The number of fused-ring (bicyclic) bond motifs is 3. The fourth-order valence-corrected chi connectivity index (χ4v) is 5.36. The number of aromatic nitrogens is 2. The number of aliphatic carboxylic acids is 1.